The summed E-state index contributed by atoms with van der Waals surface area (Å²) in [6.45, 7) is 6.30. The maximum absolute atomic E-state index is 12.1. The molecule has 2 N–H and O–H groups in total. The van der Waals surface area contributed by atoms with Crippen molar-refractivity contribution in [1.82, 2.24) is 0 Å². The minimum Gasteiger partial charge on any atom is -0.462 e. The summed E-state index contributed by atoms with van der Waals surface area (Å²) in [6.07, 6.45) is 37.7. The summed E-state index contributed by atoms with van der Waals surface area (Å²) in [4.78, 5) is 24.2. The third-order valence-electron chi connectivity index (χ3n) is 7.88. The molecule has 0 aliphatic rings. The van der Waals surface area contributed by atoms with Crippen molar-refractivity contribution in [1.29, 1.82) is 0 Å². The van der Waals surface area contributed by atoms with Gasteiger partial charge in [-0.25, -0.2) is 0 Å². The highest BCUT2D eigenvalue weighted by atomic mass is 16.6. The summed E-state index contributed by atoms with van der Waals surface area (Å²) < 4.78 is 10.5. The van der Waals surface area contributed by atoms with Crippen molar-refractivity contribution in [2.75, 3.05) is 13.2 Å². The van der Waals surface area contributed by atoms with Crippen molar-refractivity contribution in [2.45, 2.75) is 174 Å². The van der Waals surface area contributed by atoms with Crippen molar-refractivity contribution in [2.24, 2.45) is 5.92 Å². The first-order valence-corrected chi connectivity index (χ1v) is 18.7. The van der Waals surface area contributed by atoms with Crippen molar-refractivity contribution in [3.63, 3.8) is 0 Å². The number of ether oxygens (including phenoxy) is 2. The molecule has 2 atom stereocenters. The van der Waals surface area contributed by atoms with E-state index >= 15 is 0 Å². The highest BCUT2D eigenvalue weighted by Gasteiger charge is 2.16. The molecule has 0 aromatic rings. The Hall–Kier alpha value is -2.18. The van der Waals surface area contributed by atoms with Crippen LogP contribution >= 0.6 is 0 Å². The van der Waals surface area contributed by atoms with Gasteiger partial charge in [0.25, 0.3) is 0 Å². The van der Waals surface area contributed by atoms with E-state index < -0.39 is 12.2 Å². The standard InChI is InChI=1S/C40H70O6/c1-4-5-6-7-8-12-16-20-25-30-37(42)31-26-21-18-23-27-32-39(43)45-35-38(34-41)46-40(44)33-28-22-17-14-11-9-10-13-15-19-24-29-36(2)3/h8,12,18,20-21,25-26,31,36-38,41-42H,4-7,9-11,13-17,19,22-24,27-30,32-35H2,1-3H3/b12-8-,21-18+,25-20-,31-26-/t37?,38-/m0/s1. The van der Waals surface area contributed by atoms with Gasteiger partial charge in [-0.05, 0) is 50.9 Å². The average Bonchev–Trinajstić information content (AvgIpc) is 3.03. The van der Waals surface area contributed by atoms with Gasteiger partial charge in [-0.2, -0.15) is 0 Å². The summed E-state index contributed by atoms with van der Waals surface area (Å²) in [5.41, 5.74) is 0. The Balaban J connectivity index is 3.77. The molecule has 1 unspecified atom stereocenters. The summed E-state index contributed by atoms with van der Waals surface area (Å²) in [5, 5.41) is 19.6. The molecule has 0 heterocycles. The molecule has 0 aliphatic carbocycles. The van der Waals surface area contributed by atoms with Crippen molar-refractivity contribution < 1.29 is 29.3 Å². The van der Waals surface area contributed by atoms with Crippen LogP contribution in [0, 0.1) is 5.92 Å². The monoisotopic (exact) mass is 647 g/mol. The molecule has 0 rings (SSSR count). The minimum atomic E-state index is -0.819. The maximum atomic E-state index is 12.1. The zero-order valence-electron chi connectivity index (χ0n) is 29.8. The molecule has 0 saturated heterocycles. The van der Waals surface area contributed by atoms with Gasteiger partial charge < -0.3 is 19.7 Å². The van der Waals surface area contributed by atoms with E-state index in [1.165, 1.54) is 77.0 Å². The Labute approximate surface area is 282 Å². The normalized spacial score (nSPS) is 13.5. The van der Waals surface area contributed by atoms with E-state index in [9.17, 15) is 19.8 Å². The SMILES string of the molecule is CCCCC/C=C\C/C=C\CC(O)/C=C\C=C\CCCC(=O)OC[C@H](CO)OC(=O)CCCCCCCCCCCCCC(C)C. The molecule has 0 fully saturated rings. The molecule has 0 radical (unpaired) electrons. The maximum Gasteiger partial charge on any atom is 0.306 e. The van der Waals surface area contributed by atoms with Gasteiger partial charge in [0.2, 0.25) is 0 Å². The van der Waals surface area contributed by atoms with Crippen LogP contribution in [0.15, 0.2) is 48.6 Å². The van der Waals surface area contributed by atoms with Gasteiger partial charge in [0.1, 0.15) is 6.61 Å². The highest BCUT2D eigenvalue weighted by molar-refractivity contribution is 5.70. The van der Waals surface area contributed by atoms with Crippen molar-refractivity contribution >= 4 is 11.9 Å². The lowest BCUT2D eigenvalue weighted by Gasteiger charge is -2.15. The smallest absolute Gasteiger partial charge is 0.306 e. The quantitative estimate of drug-likeness (QED) is 0.0327. The van der Waals surface area contributed by atoms with Crippen LogP contribution in [0.3, 0.4) is 0 Å². The van der Waals surface area contributed by atoms with Crippen molar-refractivity contribution in [3.8, 4) is 0 Å². The molecule has 0 aromatic carbocycles. The fourth-order valence-electron chi connectivity index (χ4n) is 4.99. The summed E-state index contributed by atoms with van der Waals surface area (Å²) >= 11 is 0. The number of aliphatic hydroxyl groups excluding tert-OH is 2. The highest BCUT2D eigenvalue weighted by Crippen LogP contribution is 2.14. The van der Waals surface area contributed by atoms with E-state index in [1.807, 2.05) is 24.3 Å². The number of rotatable bonds is 32. The van der Waals surface area contributed by atoms with E-state index in [1.54, 1.807) is 6.08 Å². The lowest BCUT2D eigenvalue weighted by Crippen LogP contribution is -2.28. The fraction of sp³-hybridized carbons (Fsp3) is 0.750. The average molecular weight is 647 g/mol. The van der Waals surface area contributed by atoms with Gasteiger partial charge >= 0.3 is 11.9 Å². The predicted octanol–water partition coefficient (Wildman–Crippen LogP) is 10.3. The summed E-state index contributed by atoms with van der Waals surface area (Å²) in [6, 6.07) is 0. The van der Waals surface area contributed by atoms with E-state index in [0.29, 0.717) is 25.7 Å². The van der Waals surface area contributed by atoms with Gasteiger partial charge in [-0.3, -0.25) is 9.59 Å². The molecular formula is C40H70O6. The molecule has 6 nitrogen and oxygen atoms in total. The molecule has 0 bridgehead atoms. The predicted molar refractivity (Wildman–Crippen MR) is 193 cm³/mol. The molecule has 266 valence electrons. The second kappa shape index (κ2) is 34.2. The zero-order chi connectivity index (χ0) is 33.9. The van der Waals surface area contributed by atoms with Gasteiger partial charge in [-0.15, -0.1) is 0 Å². The second-order valence-electron chi connectivity index (χ2n) is 13.0. The fourth-order valence-corrected chi connectivity index (χ4v) is 4.99. The number of hydrogen-bond donors (Lipinski definition) is 2. The van der Waals surface area contributed by atoms with Crippen LogP contribution in [-0.4, -0.2) is 47.6 Å². The van der Waals surface area contributed by atoms with Gasteiger partial charge in [-0.1, -0.05) is 153 Å². The topological polar surface area (TPSA) is 93.1 Å². The molecule has 0 amide bonds. The van der Waals surface area contributed by atoms with E-state index in [4.69, 9.17) is 9.47 Å². The number of aliphatic hydroxyl groups is 2. The van der Waals surface area contributed by atoms with E-state index in [0.717, 1.165) is 38.0 Å². The molecule has 0 aromatic heterocycles. The third kappa shape index (κ3) is 33.2. The number of carbonyl (C=O) groups excluding carboxylic acids is 2. The largest absolute Gasteiger partial charge is 0.462 e. The van der Waals surface area contributed by atoms with Gasteiger partial charge in [0, 0.05) is 12.8 Å². The lowest BCUT2D eigenvalue weighted by molar-refractivity contribution is -0.161. The zero-order valence-corrected chi connectivity index (χ0v) is 29.8. The van der Waals surface area contributed by atoms with Crippen LogP contribution in [-0.2, 0) is 19.1 Å². The first kappa shape index (κ1) is 43.8. The van der Waals surface area contributed by atoms with Crippen LogP contribution in [0.5, 0.6) is 0 Å². The Kier molecular flexibility index (Phi) is 32.5. The molecule has 0 aliphatic heterocycles. The Morgan fingerprint density at radius 3 is 1.93 bits per heavy atom. The van der Waals surface area contributed by atoms with Crippen LogP contribution in [0.1, 0.15) is 162 Å². The molecule has 0 saturated carbocycles. The summed E-state index contributed by atoms with van der Waals surface area (Å²) in [7, 11) is 0. The third-order valence-corrected chi connectivity index (χ3v) is 7.88. The number of unbranched alkanes of at least 4 members (excludes halogenated alkanes) is 14. The Bertz CT molecular complexity index is 813. The molecule has 6 heteroatoms. The van der Waals surface area contributed by atoms with E-state index in [-0.39, 0.29) is 31.6 Å². The molecule has 46 heavy (non-hydrogen) atoms. The van der Waals surface area contributed by atoms with Crippen LogP contribution in [0.25, 0.3) is 0 Å². The van der Waals surface area contributed by atoms with E-state index in [2.05, 4.69) is 39.0 Å². The second-order valence-corrected chi connectivity index (χ2v) is 13.0. The lowest BCUT2D eigenvalue weighted by atomic mass is 10.0. The van der Waals surface area contributed by atoms with Gasteiger partial charge in [0.05, 0.1) is 12.7 Å². The number of carbonyl (C=O) groups is 2. The minimum absolute atomic E-state index is 0.126. The summed E-state index contributed by atoms with van der Waals surface area (Å²) in [5.74, 6) is 0.101. The Morgan fingerprint density at radius 2 is 1.28 bits per heavy atom. The number of hydrogen-bond acceptors (Lipinski definition) is 6. The van der Waals surface area contributed by atoms with Crippen LogP contribution in [0.4, 0.5) is 0 Å². The number of esters is 2. The van der Waals surface area contributed by atoms with Crippen LogP contribution in [0.2, 0.25) is 0 Å². The first-order valence-electron chi connectivity index (χ1n) is 18.7. The first-order chi connectivity index (χ1) is 22.4. The molecular weight excluding hydrogens is 576 g/mol. The number of allylic oxidation sites excluding steroid dienone is 6. The Morgan fingerprint density at radius 1 is 0.674 bits per heavy atom. The van der Waals surface area contributed by atoms with Gasteiger partial charge in [0.15, 0.2) is 6.10 Å². The van der Waals surface area contributed by atoms with Crippen molar-refractivity contribution in [3.05, 3.63) is 48.6 Å². The molecule has 0 spiro atoms. The van der Waals surface area contributed by atoms with Crippen LogP contribution < -0.4 is 0 Å².